The highest BCUT2D eigenvalue weighted by Crippen LogP contribution is 2.28. The van der Waals surface area contributed by atoms with Crippen LogP contribution in [0.1, 0.15) is 16.1 Å². The monoisotopic (exact) mass is 362 g/mol. The summed E-state index contributed by atoms with van der Waals surface area (Å²) in [5.74, 6) is -0.183. The fourth-order valence-electron chi connectivity index (χ4n) is 2.97. The Morgan fingerprint density at radius 2 is 2.08 bits per heavy atom. The zero-order valence-electron chi connectivity index (χ0n) is 14.1. The second kappa shape index (κ2) is 7.49. The molecule has 0 aliphatic carbocycles. The molecule has 0 atom stereocenters. The number of rotatable bonds is 4. The number of carbonyl (C=O) groups is 1. The molecule has 1 aromatic carbocycles. The van der Waals surface area contributed by atoms with Gasteiger partial charge in [-0.1, -0.05) is 0 Å². The van der Waals surface area contributed by atoms with Crippen molar-refractivity contribution >= 4 is 34.7 Å². The summed E-state index contributed by atoms with van der Waals surface area (Å²) >= 11 is 1.85. The van der Waals surface area contributed by atoms with Crippen molar-refractivity contribution in [3.63, 3.8) is 0 Å². The van der Waals surface area contributed by atoms with E-state index >= 15 is 0 Å². The van der Waals surface area contributed by atoms with Crippen molar-refractivity contribution in [3.05, 3.63) is 76.5 Å². The molecular formula is C20H18N4OS. The molecule has 2 aromatic heterocycles. The van der Waals surface area contributed by atoms with E-state index in [1.807, 2.05) is 23.5 Å². The number of hydrogen-bond acceptors (Lipinski definition) is 5. The highest BCUT2D eigenvalue weighted by Gasteiger charge is 2.17. The number of anilines is 2. The first-order chi connectivity index (χ1) is 12.8. The molecule has 1 aliphatic heterocycles. The summed E-state index contributed by atoms with van der Waals surface area (Å²) in [5.41, 5.74) is 4.08. The lowest BCUT2D eigenvalue weighted by atomic mass is 10.1. The molecule has 130 valence electrons. The number of carbonyl (C=O) groups excluding carboxylic acids is 1. The van der Waals surface area contributed by atoms with Gasteiger partial charge in [-0.05, 0) is 59.8 Å². The molecule has 1 aliphatic rings. The molecule has 1 amide bonds. The summed E-state index contributed by atoms with van der Waals surface area (Å²) in [6, 6.07) is 12.0. The summed E-state index contributed by atoms with van der Waals surface area (Å²) in [7, 11) is 0. The molecule has 0 saturated carbocycles. The van der Waals surface area contributed by atoms with E-state index in [2.05, 4.69) is 43.8 Å². The number of aromatic nitrogens is 2. The van der Waals surface area contributed by atoms with Crippen LogP contribution in [0.5, 0.6) is 0 Å². The Kier molecular flexibility index (Phi) is 4.75. The topological polar surface area (TPSA) is 58.1 Å². The third-order valence-corrected chi connectivity index (χ3v) is 5.34. The number of thiophene rings is 1. The molecule has 26 heavy (non-hydrogen) atoms. The molecule has 4 rings (SSSR count). The van der Waals surface area contributed by atoms with E-state index in [9.17, 15) is 4.79 Å². The first-order valence-electron chi connectivity index (χ1n) is 8.43. The van der Waals surface area contributed by atoms with Crippen LogP contribution in [0.4, 0.5) is 11.4 Å². The van der Waals surface area contributed by atoms with Gasteiger partial charge in [0.15, 0.2) is 0 Å². The summed E-state index contributed by atoms with van der Waals surface area (Å²) in [6.45, 7) is 1.98. The Morgan fingerprint density at radius 1 is 1.19 bits per heavy atom. The number of amides is 1. The molecule has 5 nitrogen and oxygen atoms in total. The van der Waals surface area contributed by atoms with Crippen LogP contribution < -0.4 is 10.2 Å². The van der Waals surface area contributed by atoms with Gasteiger partial charge in [0.1, 0.15) is 6.33 Å². The van der Waals surface area contributed by atoms with Crippen molar-refractivity contribution in [2.75, 3.05) is 16.8 Å². The van der Waals surface area contributed by atoms with Gasteiger partial charge in [0.25, 0.3) is 0 Å². The van der Waals surface area contributed by atoms with Crippen molar-refractivity contribution in [3.8, 4) is 0 Å². The van der Waals surface area contributed by atoms with E-state index < -0.39 is 0 Å². The van der Waals surface area contributed by atoms with Crippen molar-refractivity contribution in [1.82, 2.24) is 9.97 Å². The Hall–Kier alpha value is -2.99. The number of hydrogen-bond donors (Lipinski definition) is 1. The lowest BCUT2D eigenvalue weighted by molar-refractivity contribution is -0.111. The zero-order valence-corrected chi connectivity index (χ0v) is 14.9. The Balaban J connectivity index is 1.37. The highest BCUT2D eigenvalue weighted by atomic mass is 32.1. The van der Waals surface area contributed by atoms with Crippen LogP contribution in [0.2, 0.25) is 0 Å². The molecular weight excluding hydrogens is 344 g/mol. The molecule has 0 fully saturated rings. The third-order valence-electron chi connectivity index (χ3n) is 4.32. The third kappa shape index (κ3) is 3.81. The predicted molar refractivity (Wildman–Crippen MR) is 105 cm³/mol. The average Bonchev–Trinajstić information content (AvgIpc) is 3.16. The molecule has 0 saturated heterocycles. The van der Waals surface area contributed by atoms with Crippen molar-refractivity contribution in [1.29, 1.82) is 0 Å². The minimum Gasteiger partial charge on any atom is -0.367 e. The lowest BCUT2D eigenvalue weighted by Gasteiger charge is -2.29. The van der Waals surface area contributed by atoms with E-state index in [4.69, 9.17) is 0 Å². The van der Waals surface area contributed by atoms with E-state index in [-0.39, 0.29) is 5.91 Å². The standard InChI is InChI=1S/C20H18N4OS/c25-20(6-3-16-7-10-21-14-22-16)23-17-1-4-18(5-2-17)24-11-8-19-15(13-24)9-12-26-19/h1-7,9-10,12,14H,8,11,13H2,(H,23,25)/b6-3+. The van der Waals surface area contributed by atoms with Gasteiger partial charge in [0.2, 0.25) is 5.91 Å². The predicted octanol–water partition coefficient (Wildman–Crippen LogP) is 3.75. The number of benzene rings is 1. The fraction of sp³-hybridized carbons (Fsp3) is 0.150. The molecule has 0 spiro atoms. The van der Waals surface area contributed by atoms with Gasteiger partial charge in [-0.15, -0.1) is 11.3 Å². The van der Waals surface area contributed by atoms with Crippen molar-refractivity contribution in [2.24, 2.45) is 0 Å². The van der Waals surface area contributed by atoms with Crippen LogP contribution >= 0.6 is 11.3 Å². The Labute approximate surface area is 156 Å². The minimum atomic E-state index is -0.183. The fourth-order valence-corrected chi connectivity index (χ4v) is 3.86. The number of nitrogens with zero attached hydrogens (tertiary/aromatic N) is 3. The molecule has 3 aromatic rings. The van der Waals surface area contributed by atoms with Crippen LogP contribution in [-0.4, -0.2) is 22.4 Å². The maximum Gasteiger partial charge on any atom is 0.248 e. The maximum atomic E-state index is 12.0. The average molecular weight is 362 g/mol. The van der Waals surface area contributed by atoms with Gasteiger partial charge in [-0.25, -0.2) is 9.97 Å². The van der Waals surface area contributed by atoms with Crippen molar-refractivity contribution < 1.29 is 4.79 Å². The van der Waals surface area contributed by atoms with Gasteiger partial charge in [-0.2, -0.15) is 0 Å². The normalized spacial score (nSPS) is 13.6. The second-order valence-electron chi connectivity index (χ2n) is 6.04. The van der Waals surface area contributed by atoms with Crippen LogP contribution in [0, 0.1) is 0 Å². The van der Waals surface area contributed by atoms with Crippen LogP contribution in [-0.2, 0) is 17.8 Å². The van der Waals surface area contributed by atoms with E-state index in [1.165, 1.54) is 28.5 Å². The largest absolute Gasteiger partial charge is 0.367 e. The highest BCUT2D eigenvalue weighted by molar-refractivity contribution is 7.10. The number of nitrogens with one attached hydrogen (secondary N) is 1. The van der Waals surface area contributed by atoms with E-state index in [0.29, 0.717) is 5.69 Å². The maximum absolute atomic E-state index is 12.0. The molecule has 3 heterocycles. The molecule has 6 heteroatoms. The zero-order chi connectivity index (χ0) is 17.8. The summed E-state index contributed by atoms with van der Waals surface area (Å²) in [6.07, 6.45) is 7.33. The first-order valence-corrected chi connectivity index (χ1v) is 9.31. The lowest BCUT2D eigenvalue weighted by Crippen LogP contribution is -2.29. The Morgan fingerprint density at radius 3 is 2.88 bits per heavy atom. The molecule has 1 N–H and O–H groups in total. The van der Waals surface area contributed by atoms with Gasteiger partial charge < -0.3 is 10.2 Å². The van der Waals surface area contributed by atoms with Gasteiger partial charge >= 0.3 is 0 Å². The van der Waals surface area contributed by atoms with E-state index in [0.717, 1.165) is 25.2 Å². The quantitative estimate of drug-likeness (QED) is 0.718. The first kappa shape index (κ1) is 16.5. The summed E-state index contributed by atoms with van der Waals surface area (Å²) < 4.78 is 0. The van der Waals surface area contributed by atoms with Crippen LogP contribution in [0.25, 0.3) is 6.08 Å². The SMILES string of the molecule is O=C(/C=C/c1ccncn1)Nc1ccc(N2CCc3sccc3C2)cc1. The van der Waals surface area contributed by atoms with Gasteiger partial charge in [0.05, 0.1) is 5.69 Å². The minimum absolute atomic E-state index is 0.183. The van der Waals surface area contributed by atoms with Crippen LogP contribution in [0.15, 0.2) is 60.4 Å². The van der Waals surface area contributed by atoms with E-state index in [1.54, 1.807) is 18.3 Å². The molecule has 0 radical (unpaired) electrons. The number of fused-ring (bicyclic) bond motifs is 1. The Bertz CT molecular complexity index is 918. The van der Waals surface area contributed by atoms with Crippen LogP contribution in [0.3, 0.4) is 0 Å². The van der Waals surface area contributed by atoms with Gasteiger partial charge in [0, 0.05) is 41.6 Å². The van der Waals surface area contributed by atoms with Crippen molar-refractivity contribution in [2.45, 2.75) is 13.0 Å². The molecule has 0 bridgehead atoms. The summed E-state index contributed by atoms with van der Waals surface area (Å²) in [5, 5.41) is 5.04. The smallest absolute Gasteiger partial charge is 0.248 e. The summed E-state index contributed by atoms with van der Waals surface area (Å²) in [4.78, 5) is 23.8. The second-order valence-corrected chi connectivity index (χ2v) is 7.04. The molecule has 0 unspecified atom stereocenters. The van der Waals surface area contributed by atoms with Gasteiger partial charge in [-0.3, -0.25) is 4.79 Å².